The summed E-state index contributed by atoms with van der Waals surface area (Å²) >= 11 is 0. The summed E-state index contributed by atoms with van der Waals surface area (Å²) in [7, 11) is 0. The summed E-state index contributed by atoms with van der Waals surface area (Å²) in [6, 6.07) is 7.13. The van der Waals surface area contributed by atoms with E-state index in [-0.39, 0.29) is 0 Å². The molecule has 4 nitrogen and oxygen atoms in total. The first kappa shape index (κ1) is 21.2. The molecule has 2 aromatic rings. The molecule has 1 aromatic carbocycles. The molecule has 31 heavy (non-hydrogen) atoms. The molecule has 2 aliphatic heterocycles. The molecule has 0 radical (unpaired) electrons. The molecule has 0 fully saturated rings. The molecular weight excluding hydrogens is 395 g/mol. The van der Waals surface area contributed by atoms with Crippen molar-refractivity contribution in [3.8, 4) is 0 Å². The second-order valence-corrected chi connectivity index (χ2v) is 8.24. The summed E-state index contributed by atoms with van der Waals surface area (Å²) in [5, 5.41) is 0. The van der Waals surface area contributed by atoms with Gasteiger partial charge < -0.3 is 17.6 Å². The maximum absolute atomic E-state index is 16.1. The minimum absolute atomic E-state index is 0.486. The van der Waals surface area contributed by atoms with Crippen molar-refractivity contribution in [2.75, 3.05) is 0 Å². The molecule has 0 saturated carbocycles. The Morgan fingerprint density at radius 3 is 2.26 bits per heavy atom. The lowest BCUT2D eigenvalue weighted by atomic mass is 9.83. The first-order valence-corrected chi connectivity index (χ1v) is 10.7. The van der Waals surface area contributed by atoms with E-state index in [2.05, 4.69) is 4.99 Å². The number of nitrogens with zero attached hydrogens (tertiary/aromatic N) is 3. The molecule has 2 aliphatic rings. The molecule has 4 rings (SSSR count). The second kappa shape index (κ2) is 7.28. The Kier molecular flexibility index (Phi) is 4.98. The van der Waals surface area contributed by atoms with Gasteiger partial charge in [-0.3, -0.25) is 0 Å². The number of fused-ring (bicyclic) bond motifs is 2. The lowest BCUT2D eigenvalue weighted by molar-refractivity contribution is -0.363. The highest BCUT2D eigenvalue weighted by Gasteiger charge is 2.56. The van der Waals surface area contributed by atoms with E-state index in [0.29, 0.717) is 41.3 Å². The molecule has 0 unspecified atom stereocenters. The zero-order valence-corrected chi connectivity index (χ0v) is 18.8. The van der Waals surface area contributed by atoms with E-state index in [9.17, 15) is 4.79 Å². The second-order valence-electron chi connectivity index (χ2n) is 8.24. The Labute approximate surface area is 181 Å². The van der Waals surface area contributed by atoms with Crippen LogP contribution in [-0.2, 0) is 11.2 Å². The molecule has 7 heteroatoms. The Balaban J connectivity index is 2.17. The molecule has 0 atom stereocenters. The number of hydrogen-bond donors (Lipinski definition) is 0. The summed E-state index contributed by atoms with van der Waals surface area (Å²) < 4.78 is 34.8. The zero-order chi connectivity index (χ0) is 22.7. The number of aromatic nitrogens is 1. The molecule has 160 valence electrons. The van der Waals surface area contributed by atoms with Crippen molar-refractivity contribution in [1.82, 2.24) is 4.48 Å². The van der Waals surface area contributed by atoms with Crippen molar-refractivity contribution in [2.24, 2.45) is 4.99 Å². The van der Waals surface area contributed by atoms with Gasteiger partial charge in [0.1, 0.15) is 5.71 Å². The van der Waals surface area contributed by atoms with E-state index in [1.807, 2.05) is 39.8 Å². The van der Waals surface area contributed by atoms with Crippen LogP contribution < -0.4 is 0 Å². The number of aliphatic imine (C=N–C) groups is 1. The van der Waals surface area contributed by atoms with E-state index in [0.717, 1.165) is 33.4 Å². The van der Waals surface area contributed by atoms with Gasteiger partial charge >= 0.3 is 6.97 Å². The van der Waals surface area contributed by atoms with Crippen LogP contribution in [0.3, 0.4) is 0 Å². The van der Waals surface area contributed by atoms with Crippen LogP contribution in [-0.4, -0.2) is 27.7 Å². The van der Waals surface area contributed by atoms with Crippen LogP contribution in [0.4, 0.5) is 14.3 Å². The lowest BCUT2D eigenvalue weighted by Gasteiger charge is -2.34. The van der Waals surface area contributed by atoms with Crippen LogP contribution >= 0.6 is 0 Å². The van der Waals surface area contributed by atoms with Crippen molar-refractivity contribution in [1.29, 1.82) is 0 Å². The minimum atomic E-state index is -4.03. The van der Waals surface area contributed by atoms with Crippen LogP contribution in [0.2, 0.25) is 0 Å². The van der Waals surface area contributed by atoms with Gasteiger partial charge in [0.2, 0.25) is 6.08 Å². The predicted octanol–water partition coefficient (Wildman–Crippen LogP) is 5.84. The molecule has 0 spiro atoms. The normalized spacial score (nSPS) is 17.2. The van der Waals surface area contributed by atoms with Crippen LogP contribution in [0.1, 0.15) is 62.2 Å². The summed E-state index contributed by atoms with van der Waals surface area (Å²) in [6.07, 6.45) is 2.93. The van der Waals surface area contributed by atoms with Crippen LogP contribution in [0, 0.1) is 13.8 Å². The molecule has 0 aliphatic carbocycles. The van der Waals surface area contributed by atoms with Gasteiger partial charge in [-0.25, -0.2) is 4.79 Å². The molecule has 0 saturated heterocycles. The van der Waals surface area contributed by atoms with Gasteiger partial charge in [-0.15, -0.1) is 0 Å². The number of isocyanates is 1. The Morgan fingerprint density at radius 2 is 1.71 bits per heavy atom. The Morgan fingerprint density at radius 1 is 1.06 bits per heavy atom. The minimum Gasteiger partial charge on any atom is -0.393 e. The third-order valence-electron chi connectivity index (χ3n) is 6.83. The molecule has 3 heterocycles. The van der Waals surface area contributed by atoms with Gasteiger partial charge in [0, 0.05) is 23.8 Å². The summed E-state index contributed by atoms with van der Waals surface area (Å²) in [6.45, 7) is 7.45. The largest absolute Gasteiger partial charge is 0.737 e. The maximum atomic E-state index is 16.1. The third-order valence-corrected chi connectivity index (χ3v) is 6.83. The van der Waals surface area contributed by atoms with Gasteiger partial charge in [0.15, 0.2) is 5.70 Å². The van der Waals surface area contributed by atoms with Crippen molar-refractivity contribution in [3.63, 3.8) is 0 Å². The Hall–Kier alpha value is -3.05. The maximum Gasteiger partial charge on any atom is 0.737 e. The summed E-state index contributed by atoms with van der Waals surface area (Å²) in [5.74, 6) is 0. The number of rotatable bonds is 4. The molecule has 0 bridgehead atoms. The first-order chi connectivity index (χ1) is 14.7. The highest BCUT2D eigenvalue weighted by molar-refractivity contribution is 6.58. The van der Waals surface area contributed by atoms with E-state index in [1.165, 1.54) is 8.96 Å². The summed E-state index contributed by atoms with van der Waals surface area (Å²) in [5.41, 5.74) is 8.25. The van der Waals surface area contributed by atoms with Gasteiger partial charge in [-0.05, 0) is 68.1 Å². The van der Waals surface area contributed by atoms with Gasteiger partial charge in [0.25, 0.3) is 0 Å². The average Bonchev–Trinajstić information content (AvgIpc) is 3.14. The van der Waals surface area contributed by atoms with E-state index in [4.69, 9.17) is 0 Å². The number of benzene rings is 1. The first-order valence-electron chi connectivity index (χ1n) is 10.7. The highest BCUT2D eigenvalue weighted by Crippen LogP contribution is 2.47. The molecule has 0 amide bonds. The molecule has 1 aromatic heterocycles. The zero-order valence-electron chi connectivity index (χ0n) is 18.8. The number of hydrogen-bond acceptors (Lipinski definition) is 2. The van der Waals surface area contributed by atoms with Crippen molar-refractivity contribution >= 4 is 30.0 Å². The van der Waals surface area contributed by atoms with Gasteiger partial charge in [-0.1, -0.05) is 26.0 Å². The topological polar surface area (TPSA) is 37.4 Å². The standard InChI is InChI=1S/C24H26BF2N3O/c1-7-20-14(3)23-22(18-9-11-19(12-10-18)28-13-31)24-15(4)21(8-2)17(6)30(24)25(26,27)29(23)16(20)5/h9-12H,7-8H2,1-6H3. The van der Waals surface area contributed by atoms with Gasteiger partial charge in [-0.2, -0.15) is 4.99 Å². The number of halogens is 2. The van der Waals surface area contributed by atoms with Crippen LogP contribution in [0.25, 0.3) is 5.57 Å². The fourth-order valence-electron chi connectivity index (χ4n) is 5.51. The smallest absolute Gasteiger partial charge is 0.393 e. The Bertz CT molecular complexity index is 1260. The predicted molar refractivity (Wildman–Crippen MR) is 121 cm³/mol. The highest BCUT2D eigenvalue weighted by atomic mass is 19.2. The number of carbonyl (C=O) groups excluding carboxylic acids is 1. The average molecular weight is 421 g/mol. The number of allylic oxidation sites excluding steroid dienone is 2. The molecule has 0 N–H and O–H groups in total. The fraction of sp³-hybridized carbons (Fsp3) is 0.333. The van der Waals surface area contributed by atoms with E-state index >= 15 is 8.63 Å². The van der Waals surface area contributed by atoms with E-state index in [1.54, 1.807) is 32.1 Å². The lowest BCUT2D eigenvalue weighted by Crippen LogP contribution is -2.51. The third kappa shape index (κ3) is 2.76. The fourth-order valence-corrected chi connectivity index (χ4v) is 5.51. The van der Waals surface area contributed by atoms with Gasteiger partial charge in [0.05, 0.1) is 11.3 Å². The SMILES string of the molecule is CCC1=C(C)C2=C(c3ccc(N=C=O)cc3)c3c(C)c(CC)c(C)n3[B-](F)(F)[N+]2=C1C. The van der Waals surface area contributed by atoms with Crippen molar-refractivity contribution in [3.05, 3.63) is 69.2 Å². The molecular formula is C24H26BF2N3O. The monoisotopic (exact) mass is 421 g/mol. The quantitative estimate of drug-likeness (QED) is 0.347. The van der Waals surface area contributed by atoms with Crippen molar-refractivity contribution < 1.29 is 17.9 Å². The van der Waals surface area contributed by atoms with Crippen LogP contribution in [0.15, 0.2) is 46.1 Å². The van der Waals surface area contributed by atoms with E-state index < -0.39 is 6.97 Å². The van der Waals surface area contributed by atoms with Crippen molar-refractivity contribution in [2.45, 2.75) is 54.4 Å². The summed E-state index contributed by atoms with van der Waals surface area (Å²) in [4.78, 5) is 14.3. The van der Waals surface area contributed by atoms with Crippen LogP contribution in [0.5, 0.6) is 0 Å².